The predicted molar refractivity (Wildman–Crippen MR) is 50.0 cm³/mol. The molecule has 1 aromatic carbocycles. The van der Waals surface area contributed by atoms with Crippen LogP contribution in [0.3, 0.4) is 0 Å². The van der Waals surface area contributed by atoms with E-state index in [0.717, 1.165) is 16.9 Å². The molecule has 0 aliphatic rings. The van der Waals surface area contributed by atoms with Crippen molar-refractivity contribution in [2.75, 3.05) is 12.8 Å². The average Bonchev–Trinajstić information content (AvgIpc) is 2.08. The summed E-state index contributed by atoms with van der Waals surface area (Å²) in [7, 11) is 1.63. The van der Waals surface area contributed by atoms with E-state index in [-0.39, 0.29) is 0 Å². The molecule has 0 aliphatic carbocycles. The number of methoxy groups -OCH3 is 1. The Balaban J connectivity index is 3.22. The minimum atomic E-state index is 0.493. The van der Waals surface area contributed by atoms with Gasteiger partial charge in [0.2, 0.25) is 0 Å². The lowest BCUT2D eigenvalue weighted by atomic mass is 10.1. The van der Waals surface area contributed by atoms with Crippen LogP contribution in [-0.4, -0.2) is 7.11 Å². The van der Waals surface area contributed by atoms with Crippen LogP contribution in [0.25, 0.3) is 0 Å². The summed E-state index contributed by atoms with van der Waals surface area (Å²) >= 11 is 0. The van der Waals surface area contributed by atoms with Gasteiger partial charge >= 0.3 is 0 Å². The second-order valence-corrected chi connectivity index (χ2v) is 2.71. The standard InChI is InChI=1S/C9H14N2O/c1-6-7(5-10)3-8(11)4-9(6)12-2/h3-4H,5,10-11H2,1-2H3. The van der Waals surface area contributed by atoms with E-state index >= 15 is 0 Å². The lowest BCUT2D eigenvalue weighted by Gasteiger charge is -2.09. The van der Waals surface area contributed by atoms with E-state index in [1.54, 1.807) is 13.2 Å². The third-order valence-electron chi connectivity index (χ3n) is 1.93. The summed E-state index contributed by atoms with van der Waals surface area (Å²) in [5, 5.41) is 0. The van der Waals surface area contributed by atoms with Crippen LogP contribution < -0.4 is 16.2 Å². The molecule has 0 radical (unpaired) electrons. The number of hydrogen-bond acceptors (Lipinski definition) is 3. The number of ether oxygens (including phenoxy) is 1. The molecule has 66 valence electrons. The first kappa shape index (κ1) is 8.87. The highest BCUT2D eigenvalue weighted by molar-refractivity contribution is 5.52. The van der Waals surface area contributed by atoms with E-state index in [1.165, 1.54) is 0 Å². The van der Waals surface area contributed by atoms with Gasteiger partial charge in [0.25, 0.3) is 0 Å². The molecule has 0 saturated carbocycles. The van der Waals surface area contributed by atoms with Gasteiger partial charge in [0, 0.05) is 18.3 Å². The Morgan fingerprint density at radius 2 is 2.08 bits per heavy atom. The minimum absolute atomic E-state index is 0.493. The summed E-state index contributed by atoms with van der Waals surface area (Å²) in [5.41, 5.74) is 14.0. The van der Waals surface area contributed by atoms with Crippen LogP contribution in [0, 0.1) is 6.92 Å². The van der Waals surface area contributed by atoms with Gasteiger partial charge < -0.3 is 16.2 Å². The maximum absolute atomic E-state index is 5.64. The van der Waals surface area contributed by atoms with E-state index in [9.17, 15) is 0 Å². The Bertz CT molecular complexity index is 259. The first-order chi connectivity index (χ1) is 5.69. The summed E-state index contributed by atoms with van der Waals surface area (Å²) in [5.74, 6) is 0.801. The van der Waals surface area contributed by atoms with Gasteiger partial charge in [-0.2, -0.15) is 0 Å². The fourth-order valence-electron chi connectivity index (χ4n) is 1.19. The van der Waals surface area contributed by atoms with Crippen LogP contribution in [0.15, 0.2) is 12.1 Å². The van der Waals surface area contributed by atoms with Gasteiger partial charge in [0.1, 0.15) is 5.75 Å². The van der Waals surface area contributed by atoms with Crippen LogP contribution >= 0.6 is 0 Å². The maximum Gasteiger partial charge on any atom is 0.124 e. The van der Waals surface area contributed by atoms with Crippen molar-refractivity contribution in [3.05, 3.63) is 23.3 Å². The summed E-state index contributed by atoms with van der Waals surface area (Å²) in [4.78, 5) is 0. The second-order valence-electron chi connectivity index (χ2n) is 2.71. The quantitative estimate of drug-likeness (QED) is 0.645. The number of benzene rings is 1. The lowest BCUT2D eigenvalue weighted by Crippen LogP contribution is -2.02. The third kappa shape index (κ3) is 1.51. The average molecular weight is 166 g/mol. The summed E-state index contributed by atoms with van der Waals surface area (Å²) in [6, 6.07) is 3.67. The lowest BCUT2D eigenvalue weighted by molar-refractivity contribution is 0.411. The van der Waals surface area contributed by atoms with E-state index in [2.05, 4.69) is 0 Å². The predicted octanol–water partition coefficient (Wildman–Crippen LogP) is 1.04. The summed E-state index contributed by atoms with van der Waals surface area (Å²) < 4.78 is 5.13. The summed E-state index contributed by atoms with van der Waals surface area (Å²) in [6.45, 7) is 2.47. The van der Waals surface area contributed by atoms with Crippen LogP contribution in [0.2, 0.25) is 0 Å². The van der Waals surface area contributed by atoms with Crippen LogP contribution in [0.1, 0.15) is 11.1 Å². The van der Waals surface area contributed by atoms with Crippen LogP contribution in [0.5, 0.6) is 5.75 Å². The fourth-order valence-corrected chi connectivity index (χ4v) is 1.19. The van der Waals surface area contributed by atoms with Crippen molar-refractivity contribution in [3.63, 3.8) is 0 Å². The molecule has 1 rings (SSSR count). The van der Waals surface area contributed by atoms with Crippen molar-refractivity contribution in [2.24, 2.45) is 5.73 Å². The Hall–Kier alpha value is -1.22. The molecule has 3 heteroatoms. The molecule has 4 N–H and O–H groups in total. The Kier molecular flexibility index (Phi) is 2.55. The molecule has 0 bridgehead atoms. The van der Waals surface area contributed by atoms with Gasteiger partial charge in [-0.3, -0.25) is 0 Å². The van der Waals surface area contributed by atoms with E-state index in [0.29, 0.717) is 12.2 Å². The molecule has 0 atom stereocenters. The fraction of sp³-hybridized carbons (Fsp3) is 0.333. The van der Waals surface area contributed by atoms with Gasteiger partial charge in [0.15, 0.2) is 0 Å². The molecule has 0 unspecified atom stereocenters. The van der Waals surface area contributed by atoms with Crippen molar-refractivity contribution >= 4 is 5.69 Å². The number of hydrogen-bond donors (Lipinski definition) is 2. The van der Waals surface area contributed by atoms with Gasteiger partial charge in [-0.15, -0.1) is 0 Å². The van der Waals surface area contributed by atoms with Crippen molar-refractivity contribution in [2.45, 2.75) is 13.5 Å². The van der Waals surface area contributed by atoms with Gasteiger partial charge in [0.05, 0.1) is 7.11 Å². The number of rotatable bonds is 2. The zero-order chi connectivity index (χ0) is 9.14. The maximum atomic E-state index is 5.64. The second kappa shape index (κ2) is 3.45. The normalized spacial score (nSPS) is 9.92. The molecule has 0 aromatic heterocycles. The molecule has 0 saturated heterocycles. The molecule has 0 spiro atoms. The van der Waals surface area contributed by atoms with Gasteiger partial charge in [-0.25, -0.2) is 0 Å². The molecule has 0 aliphatic heterocycles. The van der Waals surface area contributed by atoms with Gasteiger partial charge in [-0.05, 0) is 24.1 Å². The number of nitrogen functional groups attached to an aromatic ring is 1. The zero-order valence-electron chi connectivity index (χ0n) is 7.42. The molecule has 0 fully saturated rings. The molecule has 12 heavy (non-hydrogen) atoms. The van der Waals surface area contributed by atoms with Crippen molar-refractivity contribution in [1.82, 2.24) is 0 Å². The summed E-state index contributed by atoms with van der Waals surface area (Å²) in [6.07, 6.45) is 0. The minimum Gasteiger partial charge on any atom is -0.496 e. The Morgan fingerprint density at radius 1 is 1.42 bits per heavy atom. The molecular weight excluding hydrogens is 152 g/mol. The monoisotopic (exact) mass is 166 g/mol. The van der Waals surface area contributed by atoms with Crippen molar-refractivity contribution in [1.29, 1.82) is 0 Å². The molecule has 1 aromatic rings. The van der Waals surface area contributed by atoms with Gasteiger partial charge in [-0.1, -0.05) is 0 Å². The smallest absolute Gasteiger partial charge is 0.124 e. The molecule has 0 amide bonds. The molecule has 0 heterocycles. The SMILES string of the molecule is COc1cc(N)cc(CN)c1C. The Morgan fingerprint density at radius 3 is 2.58 bits per heavy atom. The van der Waals surface area contributed by atoms with Crippen molar-refractivity contribution in [3.8, 4) is 5.75 Å². The third-order valence-corrected chi connectivity index (χ3v) is 1.93. The van der Waals surface area contributed by atoms with E-state index < -0.39 is 0 Å². The molecular formula is C9H14N2O. The first-order valence-electron chi connectivity index (χ1n) is 3.82. The highest BCUT2D eigenvalue weighted by Crippen LogP contribution is 2.24. The topological polar surface area (TPSA) is 61.3 Å². The Labute approximate surface area is 72.3 Å². The highest BCUT2D eigenvalue weighted by Gasteiger charge is 2.04. The van der Waals surface area contributed by atoms with E-state index in [1.807, 2.05) is 13.0 Å². The first-order valence-corrected chi connectivity index (χ1v) is 3.82. The number of nitrogens with two attached hydrogens (primary N) is 2. The highest BCUT2D eigenvalue weighted by atomic mass is 16.5. The van der Waals surface area contributed by atoms with Crippen LogP contribution in [0.4, 0.5) is 5.69 Å². The van der Waals surface area contributed by atoms with Crippen LogP contribution in [-0.2, 0) is 6.54 Å². The van der Waals surface area contributed by atoms with Crippen molar-refractivity contribution < 1.29 is 4.74 Å². The largest absolute Gasteiger partial charge is 0.496 e. The number of anilines is 1. The zero-order valence-corrected chi connectivity index (χ0v) is 7.42. The molecule has 3 nitrogen and oxygen atoms in total. The van der Waals surface area contributed by atoms with E-state index in [4.69, 9.17) is 16.2 Å².